The van der Waals surface area contributed by atoms with Crippen LogP contribution in [0.15, 0.2) is 34.1 Å². The highest BCUT2D eigenvalue weighted by Crippen LogP contribution is 2.27. The van der Waals surface area contributed by atoms with Crippen LogP contribution in [0.1, 0.15) is 20.8 Å². The lowest BCUT2D eigenvalue weighted by Gasteiger charge is -2.04. The molecule has 94 valence electrons. The maximum atomic E-state index is 13.4. The Kier molecular flexibility index (Phi) is 4.14. The van der Waals surface area contributed by atoms with Crippen molar-refractivity contribution >= 4 is 33.2 Å². The van der Waals surface area contributed by atoms with Gasteiger partial charge in [0.25, 0.3) is 5.91 Å². The molecule has 0 unspecified atom stereocenters. The van der Waals surface area contributed by atoms with Crippen molar-refractivity contribution in [1.82, 2.24) is 5.32 Å². The monoisotopic (exact) mass is 327 g/mol. The van der Waals surface area contributed by atoms with Crippen LogP contribution in [0, 0.1) is 12.7 Å². The summed E-state index contributed by atoms with van der Waals surface area (Å²) in [6.45, 7) is 2.12. The summed E-state index contributed by atoms with van der Waals surface area (Å²) in [6.07, 6.45) is 0. The van der Waals surface area contributed by atoms with Gasteiger partial charge in [-0.2, -0.15) is 0 Å². The van der Waals surface area contributed by atoms with E-state index in [1.165, 1.54) is 17.4 Å². The molecule has 1 heterocycles. The first-order valence-electron chi connectivity index (χ1n) is 5.35. The van der Waals surface area contributed by atoms with Crippen molar-refractivity contribution in [3.8, 4) is 0 Å². The molecule has 1 amide bonds. The molecule has 1 aromatic carbocycles. The molecule has 0 saturated carbocycles. The Labute approximate surface area is 117 Å². The second-order valence-electron chi connectivity index (χ2n) is 3.84. The highest BCUT2D eigenvalue weighted by molar-refractivity contribution is 9.11. The summed E-state index contributed by atoms with van der Waals surface area (Å²) in [6, 6.07) is 8.22. The molecule has 2 aromatic rings. The zero-order chi connectivity index (χ0) is 13.1. The van der Waals surface area contributed by atoms with Crippen LogP contribution in [0.4, 0.5) is 4.39 Å². The van der Waals surface area contributed by atoms with Gasteiger partial charge in [0.05, 0.1) is 8.66 Å². The van der Waals surface area contributed by atoms with Crippen LogP contribution in [0.5, 0.6) is 0 Å². The normalized spacial score (nSPS) is 10.4. The molecule has 5 heteroatoms. The Bertz CT molecular complexity index is 563. The van der Waals surface area contributed by atoms with Crippen LogP contribution in [0.3, 0.4) is 0 Å². The van der Waals surface area contributed by atoms with Gasteiger partial charge in [-0.1, -0.05) is 18.2 Å². The van der Waals surface area contributed by atoms with Crippen molar-refractivity contribution in [3.63, 3.8) is 0 Å². The van der Waals surface area contributed by atoms with Gasteiger partial charge in [0.1, 0.15) is 5.82 Å². The van der Waals surface area contributed by atoms with Crippen LogP contribution in [0.25, 0.3) is 0 Å². The van der Waals surface area contributed by atoms with E-state index >= 15 is 0 Å². The van der Waals surface area contributed by atoms with Gasteiger partial charge in [0.2, 0.25) is 0 Å². The minimum atomic E-state index is -0.304. The molecule has 0 aliphatic heterocycles. The standard InChI is InChI=1S/C13H11BrFNOS/c1-8-6-11(18-12(8)14)13(17)16-7-9-4-2-3-5-10(9)15/h2-6H,7H2,1H3,(H,16,17). The molecule has 2 rings (SSSR count). The minimum absolute atomic E-state index is 0.183. The lowest BCUT2D eigenvalue weighted by atomic mass is 10.2. The van der Waals surface area contributed by atoms with Crippen molar-refractivity contribution in [2.24, 2.45) is 0 Å². The molecule has 2 nitrogen and oxygen atoms in total. The molecule has 1 aromatic heterocycles. The van der Waals surface area contributed by atoms with E-state index in [1.807, 2.05) is 13.0 Å². The lowest BCUT2D eigenvalue weighted by molar-refractivity contribution is 0.0954. The average molecular weight is 328 g/mol. The number of carbonyl (C=O) groups is 1. The fourth-order valence-electron chi connectivity index (χ4n) is 1.48. The van der Waals surface area contributed by atoms with E-state index in [0.717, 1.165) is 9.35 Å². The zero-order valence-electron chi connectivity index (χ0n) is 9.67. The number of hydrogen-bond donors (Lipinski definition) is 1. The summed E-state index contributed by atoms with van der Waals surface area (Å²) in [7, 11) is 0. The van der Waals surface area contributed by atoms with E-state index < -0.39 is 0 Å². The van der Waals surface area contributed by atoms with Gasteiger partial charge in [-0.25, -0.2) is 4.39 Å². The Morgan fingerprint density at radius 2 is 2.17 bits per heavy atom. The Balaban J connectivity index is 2.03. The first-order chi connectivity index (χ1) is 8.58. The number of rotatable bonds is 3. The second-order valence-corrected chi connectivity index (χ2v) is 6.21. The molecule has 0 atom stereocenters. The third kappa shape index (κ3) is 2.97. The summed E-state index contributed by atoms with van der Waals surface area (Å²) >= 11 is 4.74. The largest absolute Gasteiger partial charge is 0.347 e. The van der Waals surface area contributed by atoms with Gasteiger partial charge < -0.3 is 5.32 Å². The van der Waals surface area contributed by atoms with Gasteiger partial charge in [-0.15, -0.1) is 11.3 Å². The summed E-state index contributed by atoms with van der Waals surface area (Å²) < 4.78 is 14.3. The van der Waals surface area contributed by atoms with Crippen molar-refractivity contribution in [2.75, 3.05) is 0 Å². The van der Waals surface area contributed by atoms with Crippen molar-refractivity contribution in [2.45, 2.75) is 13.5 Å². The second kappa shape index (κ2) is 5.63. The number of thiophene rings is 1. The van der Waals surface area contributed by atoms with Gasteiger partial charge in [0, 0.05) is 12.1 Å². The summed E-state index contributed by atoms with van der Waals surface area (Å²) in [5.41, 5.74) is 1.51. The third-order valence-electron chi connectivity index (χ3n) is 2.48. The zero-order valence-corrected chi connectivity index (χ0v) is 12.1. The van der Waals surface area contributed by atoms with Gasteiger partial charge in [-0.05, 0) is 40.5 Å². The summed E-state index contributed by atoms with van der Waals surface area (Å²) in [5, 5.41) is 2.71. The van der Waals surface area contributed by atoms with Crippen molar-refractivity contribution in [1.29, 1.82) is 0 Å². The molecule has 0 spiro atoms. The quantitative estimate of drug-likeness (QED) is 0.910. The predicted octanol–water partition coefficient (Wildman–Crippen LogP) is 3.89. The Morgan fingerprint density at radius 3 is 2.78 bits per heavy atom. The molecule has 0 bridgehead atoms. The van der Waals surface area contributed by atoms with Gasteiger partial charge in [-0.3, -0.25) is 4.79 Å². The number of nitrogens with one attached hydrogen (secondary N) is 1. The molecule has 0 saturated heterocycles. The SMILES string of the molecule is Cc1cc(C(=O)NCc2ccccc2F)sc1Br. The number of benzene rings is 1. The average Bonchev–Trinajstić information content (AvgIpc) is 2.68. The maximum Gasteiger partial charge on any atom is 0.261 e. The topological polar surface area (TPSA) is 29.1 Å². The summed E-state index contributed by atoms with van der Waals surface area (Å²) in [4.78, 5) is 12.5. The smallest absolute Gasteiger partial charge is 0.261 e. The fraction of sp³-hybridized carbons (Fsp3) is 0.154. The van der Waals surface area contributed by atoms with E-state index in [4.69, 9.17) is 0 Å². The number of amides is 1. The molecule has 0 aliphatic carbocycles. The van der Waals surface area contributed by atoms with Crippen LogP contribution in [0.2, 0.25) is 0 Å². The third-order valence-corrected chi connectivity index (χ3v) is 4.61. The highest BCUT2D eigenvalue weighted by Gasteiger charge is 2.11. The predicted molar refractivity (Wildman–Crippen MR) is 74.3 cm³/mol. The van der Waals surface area contributed by atoms with E-state index in [0.29, 0.717) is 10.4 Å². The van der Waals surface area contributed by atoms with E-state index in [-0.39, 0.29) is 18.3 Å². The van der Waals surface area contributed by atoms with Crippen molar-refractivity contribution in [3.05, 3.63) is 55.9 Å². The lowest BCUT2D eigenvalue weighted by Crippen LogP contribution is -2.22. The van der Waals surface area contributed by atoms with Crippen LogP contribution in [-0.4, -0.2) is 5.91 Å². The van der Waals surface area contributed by atoms with E-state index in [9.17, 15) is 9.18 Å². The Hall–Kier alpha value is -1.20. The molecule has 0 fully saturated rings. The molecular weight excluding hydrogens is 317 g/mol. The van der Waals surface area contributed by atoms with Crippen LogP contribution >= 0.6 is 27.3 Å². The molecule has 0 radical (unpaired) electrons. The molecule has 1 N–H and O–H groups in total. The van der Waals surface area contributed by atoms with Gasteiger partial charge in [0.15, 0.2) is 0 Å². The van der Waals surface area contributed by atoms with Crippen LogP contribution < -0.4 is 5.32 Å². The number of carbonyl (C=O) groups excluding carboxylic acids is 1. The fourth-order valence-corrected chi connectivity index (χ4v) is 2.93. The minimum Gasteiger partial charge on any atom is -0.347 e. The number of hydrogen-bond acceptors (Lipinski definition) is 2. The molecular formula is C13H11BrFNOS. The first-order valence-corrected chi connectivity index (χ1v) is 6.96. The van der Waals surface area contributed by atoms with E-state index in [1.54, 1.807) is 18.2 Å². The first kappa shape index (κ1) is 13.2. The summed E-state index contributed by atoms with van der Waals surface area (Å²) in [5.74, 6) is -0.488. The number of halogens is 2. The highest BCUT2D eigenvalue weighted by atomic mass is 79.9. The van der Waals surface area contributed by atoms with E-state index in [2.05, 4.69) is 21.2 Å². The molecule has 0 aliphatic rings. The molecule has 18 heavy (non-hydrogen) atoms. The number of aryl methyl sites for hydroxylation is 1. The Morgan fingerprint density at radius 1 is 1.44 bits per heavy atom. The van der Waals surface area contributed by atoms with Crippen LogP contribution in [-0.2, 0) is 6.54 Å². The van der Waals surface area contributed by atoms with Crippen molar-refractivity contribution < 1.29 is 9.18 Å². The maximum absolute atomic E-state index is 13.4. The van der Waals surface area contributed by atoms with Gasteiger partial charge >= 0.3 is 0 Å².